The third-order valence-electron chi connectivity index (χ3n) is 2.22. The molecule has 1 aliphatic heterocycles. The summed E-state index contributed by atoms with van der Waals surface area (Å²) in [4.78, 5) is 0. The van der Waals surface area contributed by atoms with E-state index in [1.54, 1.807) is 0 Å². The van der Waals surface area contributed by atoms with E-state index in [9.17, 15) is 0 Å². The van der Waals surface area contributed by atoms with Gasteiger partial charge < -0.3 is 5.32 Å². The first-order valence-corrected chi connectivity index (χ1v) is 4.02. The molecule has 0 amide bonds. The third kappa shape index (κ3) is 3.43. The van der Waals surface area contributed by atoms with Crippen LogP contribution in [0.25, 0.3) is 0 Å². The SMILES string of the molecule is CC1CCNC(C)CC1.Cl. The number of hydrogen-bond acceptors (Lipinski definition) is 1. The van der Waals surface area contributed by atoms with Gasteiger partial charge in [0.15, 0.2) is 0 Å². The van der Waals surface area contributed by atoms with Crippen molar-refractivity contribution in [2.75, 3.05) is 6.54 Å². The van der Waals surface area contributed by atoms with Gasteiger partial charge in [0.05, 0.1) is 0 Å². The van der Waals surface area contributed by atoms with Crippen LogP contribution in [0, 0.1) is 5.92 Å². The Bertz CT molecular complexity index is 75.3. The second-order valence-electron chi connectivity index (χ2n) is 3.33. The highest BCUT2D eigenvalue weighted by molar-refractivity contribution is 5.85. The van der Waals surface area contributed by atoms with Gasteiger partial charge in [-0.25, -0.2) is 0 Å². The van der Waals surface area contributed by atoms with Gasteiger partial charge in [-0.2, -0.15) is 0 Å². The van der Waals surface area contributed by atoms with Crippen molar-refractivity contribution in [3.05, 3.63) is 0 Å². The van der Waals surface area contributed by atoms with Gasteiger partial charge in [0.2, 0.25) is 0 Å². The molecule has 0 aromatic heterocycles. The number of halogens is 1. The van der Waals surface area contributed by atoms with Crippen LogP contribution in [0.2, 0.25) is 0 Å². The molecule has 2 atom stereocenters. The molecule has 1 rings (SSSR count). The van der Waals surface area contributed by atoms with Crippen LogP contribution >= 0.6 is 12.4 Å². The first kappa shape index (κ1) is 10.2. The average molecular weight is 164 g/mol. The third-order valence-corrected chi connectivity index (χ3v) is 2.22. The van der Waals surface area contributed by atoms with E-state index in [1.807, 2.05) is 0 Å². The lowest BCUT2D eigenvalue weighted by Crippen LogP contribution is -2.24. The molecule has 1 N–H and O–H groups in total. The highest BCUT2D eigenvalue weighted by Crippen LogP contribution is 2.14. The fourth-order valence-electron chi connectivity index (χ4n) is 1.36. The van der Waals surface area contributed by atoms with Crippen molar-refractivity contribution >= 4 is 12.4 Å². The molecule has 1 heterocycles. The van der Waals surface area contributed by atoms with Gasteiger partial charge in [0.25, 0.3) is 0 Å². The van der Waals surface area contributed by atoms with Crippen LogP contribution in [0.1, 0.15) is 33.1 Å². The van der Waals surface area contributed by atoms with Crippen molar-refractivity contribution in [3.8, 4) is 0 Å². The van der Waals surface area contributed by atoms with Gasteiger partial charge in [0.1, 0.15) is 0 Å². The van der Waals surface area contributed by atoms with Crippen LogP contribution in [0.15, 0.2) is 0 Å². The topological polar surface area (TPSA) is 12.0 Å². The zero-order valence-corrected chi connectivity index (χ0v) is 7.71. The summed E-state index contributed by atoms with van der Waals surface area (Å²) < 4.78 is 0. The Kier molecular flexibility index (Phi) is 5.10. The maximum Gasteiger partial charge on any atom is 0.00388 e. The standard InChI is InChI=1S/C8H17N.ClH/c1-7-3-4-8(2)9-6-5-7;/h7-9H,3-6H2,1-2H3;1H. The largest absolute Gasteiger partial charge is 0.314 e. The van der Waals surface area contributed by atoms with Crippen molar-refractivity contribution in [1.82, 2.24) is 5.32 Å². The lowest BCUT2D eigenvalue weighted by molar-refractivity contribution is 0.507. The lowest BCUT2D eigenvalue weighted by atomic mass is 10.0. The molecule has 0 spiro atoms. The van der Waals surface area contributed by atoms with E-state index in [0.717, 1.165) is 12.0 Å². The van der Waals surface area contributed by atoms with Crippen molar-refractivity contribution in [1.29, 1.82) is 0 Å². The van der Waals surface area contributed by atoms with Crippen molar-refractivity contribution in [3.63, 3.8) is 0 Å². The average Bonchev–Trinajstić information content (AvgIpc) is 1.97. The first-order chi connectivity index (χ1) is 4.29. The Morgan fingerprint density at radius 2 is 1.80 bits per heavy atom. The number of hydrogen-bond donors (Lipinski definition) is 1. The smallest absolute Gasteiger partial charge is 0.00388 e. The van der Waals surface area contributed by atoms with E-state index in [-0.39, 0.29) is 12.4 Å². The predicted molar refractivity (Wildman–Crippen MR) is 47.7 cm³/mol. The fourth-order valence-corrected chi connectivity index (χ4v) is 1.36. The molecule has 0 aromatic carbocycles. The van der Waals surface area contributed by atoms with E-state index < -0.39 is 0 Å². The Hall–Kier alpha value is 0.250. The molecule has 62 valence electrons. The summed E-state index contributed by atoms with van der Waals surface area (Å²) in [5, 5.41) is 3.47. The highest BCUT2D eigenvalue weighted by Gasteiger charge is 2.10. The zero-order chi connectivity index (χ0) is 6.69. The Balaban J connectivity index is 0.000000810. The molecule has 1 aliphatic rings. The van der Waals surface area contributed by atoms with E-state index in [0.29, 0.717) is 0 Å². The van der Waals surface area contributed by atoms with E-state index in [1.165, 1.54) is 25.8 Å². The van der Waals surface area contributed by atoms with Crippen LogP contribution in [-0.2, 0) is 0 Å². The summed E-state index contributed by atoms with van der Waals surface area (Å²) in [6.45, 7) is 5.85. The van der Waals surface area contributed by atoms with Crippen LogP contribution in [0.4, 0.5) is 0 Å². The van der Waals surface area contributed by atoms with Crippen molar-refractivity contribution in [2.24, 2.45) is 5.92 Å². The van der Waals surface area contributed by atoms with Gasteiger partial charge in [-0.05, 0) is 38.6 Å². The maximum absolute atomic E-state index is 3.47. The quantitative estimate of drug-likeness (QED) is 0.578. The molecule has 10 heavy (non-hydrogen) atoms. The minimum Gasteiger partial charge on any atom is -0.314 e. The molecule has 1 nitrogen and oxygen atoms in total. The first-order valence-electron chi connectivity index (χ1n) is 4.02. The molecule has 0 aliphatic carbocycles. The molecule has 2 heteroatoms. The lowest BCUT2D eigenvalue weighted by Gasteiger charge is -2.06. The van der Waals surface area contributed by atoms with Crippen LogP contribution in [0.3, 0.4) is 0 Å². The monoisotopic (exact) mass is 163 g/mol. The summed E-state index contributed by atoms with van der Waals surface area (Å²) in [5.41, 5.74) is 0. The van der Waals surface area contributed by atoms with E-state index >= 15 is 0 Å². The van der Waals surface area contributed by atoms with Gasteiger partial charge in [-0.1, -0.05) is 6.92 Å². The van der Waals surface area contributed by atoms with Gasteiger partial charge in [0, 0.05) is 6.04 Å². The Morgan fingerprint density at radius 3 is 2.50 bits per heavy atom. The molecule has 0 bridgehead atoms. The molecular weight excluding hydrogens is 146 g/mol. The molecule has 0 aromatic rings. The Morgan fingerprint density at radius 1 is 1.10 bits per heavy atom. The minimum absolute atomic E-state index is 0. The van der Waals surface area contributed by atoms with E-state index in [2.05, 4.69) is 19.2 Å². The zero-order valence-electron chi connectivity index (χ0n) is 6.89. The van der Waals surface area contributed by atoms with Crippen molar-refractivity contribution < 1.29 is 0 Å². The van der Waals surface area contributed by atoms with E-state index in [4.69, 9.17) is 0 Å². The molecule has 1 saturated heterocycles. The molecule has 2 unspecified atom stereocenters. The van der Waals surface area contributed by atoms with Crippen LogP contribution in [0.5, 0.6) is 0 Å². The second-order valence-corrected chi connectivity index (χ2v) is 3.33. The van der Waals surface area contributed by atoms with Gasteiger partial charge in [-0.3, -0.25) is 0 Å². The maximum atomic E-state index is 3.47. The number of nitrogens with one attached hydrogen (secondary N) is 1. The minimum atomic E-state index is 0. The summed E-state index contributed by atoms with van der Waals surface area (Å²) in [6.07, 6.45) is 4.14. The summed E-state index contributed by atoms with van der Waals surface area (Å²) in [6, 6.07) is 0.759. The van der Waals surface area contributed by atoms with Crippen molar-refractivity contribution in [2.45, 2.75) is 39.2 Å². The molecule has 1 fully saturated rings. The van der Waals surface area contributed by atoms with Crippen LogP contribution < -0.4 is 5.32 Å². The van der Waals surface area contributed by atoms with Crippen LogP contribution in [-0.4, -0.2) is 12.6 Å². The summed E-state index contributed by atoms with van der Waals surface area (Å²) in [5.74, 6) is 0.947. The molecular formula is C8H18ClN. The summed E-state index contributed by atoms with van der Waals surface area (Å²) in [7, 11) is 0. The summed E-state index contributed by atoms with van der Waals surface area (Å²) >= 11 is 0. The normalized spacial score (nSPS) is 34.2. The van der Waals surface area contributed by atoms with Gasteiger partial charge in [-0.15, -0.1) is 12.4 Å². The second kappa shape index (κ2) is 4.97. The predicted octanol–water partition coefficient (Wildman–Crippen LogP) is 2.21. The Labute approximate surface area is 70.0 Å². The number of rotatable bonds is 0. The highest BCUT2D eigenvalue weighted by atomic mass is 35.5. The molecule has 0 radical (unpaired) electrons. The van der Waals surface area contributed by atoms with Gasteiger partial charge >= 0.3 is 0 Å². The fraction of sp³-hybridized carbons (Fsp3) is 1.00. The molecule has 0 saturated carbocycles.